The van der Waals surface area contributed by atoms with E-state index in [2.05, 4.69) is 84.9 Å². The molecule has 12 aromatic carbocycles. The minimum Gasteiger partial charge on any atom is -0.496 e. The maximum absolute atomic E-state index is 18.1. The van der Waals surface area contributed by atoms with Gasteiger partial charge in [0, 0.05) is 54.1 Å². The molecule has 0 atom stereocenters. The maximum Gasteiger partial charge on any atom is 0.172 e. The molecule has 0 fully saturated rings. The lowest BCUT2D eigenvalue weighted by atomic mass is 9.86. The molecule has 0 N–H and O–H groups in total. The third-order valence-electron chi connectivity index (χ3n) is 14.2. The van der Waals surface area contributed by atoms with Crippen molar-refractivity contribution in [3.63, 3.8) is 0 Å². The first-order valence-corrected chi connectivity index (χ1v) is 27.5. The Balaban J connectivity index is 1.41. The normalized spacial score (nSPS) is 11.9. The second-order valence-electron chi connectivity index (χ2n) is 18.0. The van der Waals surface area contributed by atoms with Crippen molar-refractivity contribution in [1.29, 1.82) is 0 Å². The van der Waals surface area contributed by atoms with E-state index < -0.39 is 14.3 Å². The van der Waals surface area contributed by atoms with Gasteiger partial charge in [-0.1, -0.05) is 231 Å². The Hall–Kier alpha value is -8.26. The molecule has 0 aromatic heterocycles. The van der Waals surface area contributed by atoms with Gasteiger partial charge in [-0.2, -0.15) is 0 Å². The molecule has 0 aliphatic carbocycles. The highest BCUT2D eigenvalue weighted by molar-refractivity contribution is 7.86. The lowest BCUT2D eigenvalue weighted by Gasteiger charge is -2.32. The standard InChI is InChI=1S/C66H48O4P2/c1-69-59-41-39-45-23-15-19-35-53(45)61(59)63-55-37-21-17-25-47(55)43-57(65(63)71(67,49-27-7-3-8-28-49)50-29-9-4-10-30-50)58-44-48-26-18-22-38-56(48)64(62-54-36-20-16-24-46(54)40-42-60(62)70-2)66(58)72(68,51-31-11-5-12-32-51)52-33-13-6-14-34-52/h3-44H,1-2H3. The average molecular weight is 967 g/mol. The number of fused-ring (bicyclic) bond motifs is 4. The molecule has 0 spiro atoms. The van der Waals surface area contributed by atoms with Crippen molar-refractivity contribution >= 4 is 89.2 Å². The molecule has 72 heavy (non-hydrogen) atoms. The summed E-state index contributed by atoms with van der Waals surface area (Å²) in [6.07, 6.45) is 0. The Morgan fingerprint density at radius 3 is 0.847 bits per heavy atom. The van der Waals surface area contributed by atoms with Crippen molar-refractivity contribution in [2.24, 2.45) is 0 Å². The Morgan fingerprint density at radius 1 is 0.278 bits per heavy atom. The summed E-state index contributed by atoms with van der Waals surface area (Å²) in [5.41, 5.74) is 4.61. The molecule has 0 radical (unpaired) electrons. The average Bonchev–Trinajstić information content (AvgIpc) is 3.46. The second kappa shape index (κ2) is 18.5. The number of benzene rings is 12. The van der Waals surface area contributed by atoms with Crippen LogP contribution in [0.15, 0.2) is 255 Å². The summed E-state index contributed by atoms with van der Waals surface area (Å²) in [7, 11) is -4.56. The quantitative estimate of drug-likeness (QED) is 0.121. The molecule has 0 amide bonds. The van der Waals surface area contributed by atoms with E-state index in [1.165, 1.54) is 0 Å². The largest absolute Gasteiger partial charge is 0.496 e. The molecule has 0 unspecified atom stereocenters. The molecule has 12 rings (SSSR count). The van der Waals surface area contributed by atoms with Crippen LogP contribution in [0.5, 0.6) is 11.5 Å². The van der Waals surface area contributed by atoms with Crippen LogP contribution in [0.1, 0.15) is 0 Å². The predicted molar refractivity (Wildman–Crippen MR) is 305 cm³/mol. The Kier molecular flexibility index (Phi) is 11.5. The minimum absolute atomic E-state index is 0.619. The van der Waals surface area contributed by atoms with Gasteiger partial charge in [0.1, 0.15) is 11.5 Å². The minimum atomic E-state index is -3.98. The summed E-state index contributed by atoms with van der Waals surface area (Å²) in [5.74, 6) is 1.29. The Morgan fingerprint density at radius 2 is 0.542 bits per heavy atom. The van der Waals surface area contributed by atoms with E-state index in [1.54, 1.807) is 14.2 Å². The van der Waals surface area contributed by atoms with Gasteiger partial charge in [-0.15, -0.1) is 0 Å². The number of hydrogen-bond acceptors (Lipinski definition) is 4. The summed E-state index contributed by atoms with van der Waals surface area (Å²) in [6.45, 7) is 0. The molecule has 0 aliphatic rings. The fraction of sp³-hybridized carbons (Fsp3) is 0.0303. The summed E-state index contributed by atoms with van der Waals surface area (Å²) >= 11 is 0. The van der Waals surface area contributed by atoms with Gasteiger partial charge in [0.2, 0.25) is 0 Å². The van der Waals surface area contributed by atoms with E-state index in [0.29, 0.717) is 54.5 Å². The highest BCUT2D eigenvalue weighted by Gasteiger charge is 2.42. The van der Waals surface area contributed by atoms with Gasteiger partial charge in [0.25, 0.3) is 0 Å². The zero-order valence-corrected chi connectivity index (χ0v) is 41.6. The molecule has 0 bridgehead atoms. The van der Waals surface area contributed by atoms with Gasteiger partial charge in [-0.3, -0.25) is 0 Å². The topological polar surface area (TPSA) is 52.6 Å². The second-order valence-corrected chi connectivity index (χ2v) is 23.4. The molecule has 0 saturated carbocycles. The summed E-state index contributed by atoms with van der Waals surface area (Å²) in [6, 6.07) is 85.5. The molecule has 0 heterocycles. The number of rotatable bonds is 11. The molecule has 346 valence electrons. The van der Waals surface area contributed by atoms with Crippen LogP contribution in [0.3, 0.4) is 0 Å². The molecular formula is C66H48O4P2. The molecule has 4 nitrogen and oxygen atoms in total. The highest BCUT2D eigenvalue weighted by Crippen LogP contribution is 2.57. The number of ether oxygens (including phenoxy) is 2. The van der Waals surface area contributed by atoms with Crippen molar-refractivity contribution in [3.8, 4) is 44.9 Å². The van der Waals surface area contributed by atoms with Crippen LogP contribution in [0.2, 0.25) is 0 Å². The van der Waals surface area contributed by atoms with Crippen molar-refractivity contribution < 1.29 is 18.6 Å². The number of hydrogen-bond donors (Lipinski definition) is 0. The van der Waals surface area contributed by atoms with Crippen LogP contribution in [-0.2, 0) is 9.13 Å². The monoisotopic (exact) mass is 966 g/mol. The summed E-state index contributed by atoms with van der Waals surface area (Å²) in [4.78, 5) is 0. The van der Waals surface area contributed by atoms with Crippen LogP contribution >= 0.6 is 14.3 Å². The maximum atomic E-state index is 18.1. The lowest BCUT2D eigenvalue weighted by Crippen LogP contribution is -2.31. The van der Waals surface area contributed by atoms with Crippen molar-refractivity contribution in [2.75, 3.05) is 14.2 Å². The van der Waals surface area contributed by atoms with Crippen molar-refractivity contribution in [3.05, 3.63) is 255 Å². The SMILES string of the molecule is COc1ccc2ccccc2c1-c1c(P(=O)(c2ccccc2)c2ccccc2)c(-c2cc3ccccc3c(-c3c(OC)ccc4ccccc34)c2P(=O)(c2ccccc2)c2ccccc2)cc2ccccc12. The lowest BCUT2D eigenvalue weighted by molar-refractivity contribution is 0.417. The zero-order valence-electron chi connectivity index (χ0n) is 39.8. The van der Waals surface area contributed by atoms with Gasteiger partial charge >= 0.3 is 0 Å². The van der Waals surface area contributed by atoms with Crippen molar-refractivity contribution in [2.45, 2.75) is 0 Å². The van der Waals surface area contributed by atoms with E-state index in [9.17, 15) is 0 Å². The molecular weight excluding hydrogens is 919 g/mol. The third-order valence-corrected chi connectivity index (χ3v) is 20.5. The van der Waals surface area contributed by atoms with E-state index in [0.717, 1.165) is 65.3 Å². The van der Waals surface area contributed by atoms with E-state index in [-0.39, 0.29) is 0 Å². The van der Waals surface area contributed by atoms with Crippen LogP contribution in [0.25, 0.3) is 76.5 Å². The molecule has 6 heteroatoms. The smallest absolute Gasteiger partial charge is 0.172 e. The van der Waals surface area contributed by atoms with Crippen LogP contribution < -0.4 is 41.3 Å². The molecule has 12 aromatic rings. The van der Waals surface area contributed by atoms with Gasteiger partial charge < -0.3 is 18.6 Å². The predicted octanol–water partition coefficient (Wildman–Crippen LogP) is 14.6. The summed E-state index contributed by atoms with van der Waals surface area (Å²) < 4.78 is 49.0. The fourth-order valence-electron chi connectivity index (χ4n) is 11.0. The Bertz CT molecular complexity index is 3760. The first kappa shape index (κ1) is 44.9. The van der Waals surface area contributed by atoms with Crippen molar-refractivity contribution in [1.82, 2.24) is 0 Å². The van der Waals surface area contributed by atoms with Crippen LogP contribution in [0, 0.1) is 0 Å². The third kappa shape index (κ3) is 7.21. The van der Waals surface area contributed by atoms with Gasteiger partial charge in [0.05, 0.1) is 14.2 Å². The molecule has 0 aliphatic heterocycles. The van der Waals surface area contributed by atoms with Gasteiger partial charge in [0.15, 0.2) is 14.3 Å². The summed E-state index contributed by atoms with van der Waals surface area (Å²) in [5, 5.41) is 11.5. The van der Waals surface area contributed by atoms with Gasteiger partial charge in [-0.25, -0.2) is 0 Å². The zero-order chi connectivity index (χ0) is 48.8. The Labute approximate surface area is 419 Å². The molecule has 0 saturated heterocycles. The first-order chi connectivity index (χ1) is 35.4. The van der Waals surface area contributed by atoms with E-state index in [4.69, 9.17) is 9.47 Å². The number of methoxy groups -OCH3 is 2. The fourth-order valence-corrected chi connectivity index (χ4v) is 17.1. The highest BCUT2D eigenvalue weighted by atomic mass is 31.2. The van der Waals surface area contributed by atoms with Crippen LogP contribution in [0.4, 0.5) is 0 Å². The van der Waals surface area contributed by atoms with Gasteiger partial charge in [-0.05, 0) is 78.5 Å². The van der Waals surface area contributed by atoms with E-state index in [1.807, 2.05) is 170 Å². The van der Waals surface area contributed by atoms with E-state index >= 15 is 9.13 Å². The first-order valence-electron chi connectivity index (χ1n) is 24.1. The van der Waals surface area contributed by atoms with Crippen LogP contribution in [-0.4, -0.2) is 14.2 Å².